The van der Waals surface area contributed by atoms with Crippen LogP contribution in [0, 0.1) is 0 Å². The van der Waals surface area contributed by atoms with Crippen molar-refractivity contribution < 1.29 is 4.74 Å². The summed E-state index contributed by atoms with van der Waals surface area (Å²) in [5.74, 6) is 2.24. The van der Waals surface area contributed by atoms with Crippen LogP contribution >= 0.6 is 0 Å². The summed E-state index contributed by atoms with van der Waals surface area (Å²) in [4.78, 5) is 6.51. The Morgan fingerprint density at radius 1 is 1.21 bits per heavy atom. The molecule has 0 radical (unpaired) electrons. The van der Waals surface area contributed by atoms with Gasteiger partial charge in [0.05, 0.1) is 7.11 Å². The molecule has 5 heteroatoms. The fourth-order valence-corrected chi connectivity index (χ4v) is 2.18. The van der Waals surface area contributed by atoms with E-state index in [0.29, 0.717) is 5.92 Å². The molecule has 24 heavy (non-hydrogen) atoms. The molecule has 0 aliphatic carbocycles. The Bertz CT molecular complexity index is 509. The van der Waals surface area contributed by atoms with Gasteiger partial charge in [-0.25, -0.2) is 0 Å². The van der Waals surface area contributed by atoms with Gasteiger partial charge in [-0.2, -0.15) is 0 Å². The summed E-state index contributed by atoms with van der Waals surface area (Å²) in [6.45, 7) is 8.38. The van der Waals surface area contributed by atoms with E-state index in [-0.39, 0.29) is 5.54 Å². The number of benzene rings is 1. The minimum absolute atomic E-state index is 0.0774. The van der Waals surface area contributed by atoms with E-state index in [1.54, 1.807) is 7.11 Å². The van der Waals surface area contributed by atoms with E-state index < -0.39 is 0 Å². The summed E-state index contributed by atoms with van der Waals surface area (Å²) >= 11 is 0. The molecule has 0 bridgehead atoms. The van der Waals surface area contributed by atoms with E-state index in [2.05, 4.69) is 67.5 Å². The first-order valence-electron chi connectivity index (χ1n) is 8.56. The molecular weight excluding hydrogens is 300 g/mol. The molecule has 1 aromatic carbocycles. The second-order valence-corrected chi connectivity index (χ2v) is 7.02. The largest absolute Gasteiger partial charge is 0.497 e. The monoisotopic (exact) mass is 334 g/mol. The van der Waals surface area contributed by atoms with Gasteiger partial charge in [0, 0.05) is 25.7 Å². The van der Waals surface area contributed by atoms with E-state index in [1.807, 2.05) is 19.2 Å². The first-order valence-corrected chi connectivity index (χ1v) is 8.56. The normalized spacial score (nSPS) is 13.8. The number of ether oxygens (including phenoxy) is 1. The van der Waals surface area contributed by atoms with Gasteiger partial charge in [0.1, 0.15) is 5.75 Å². The van der Waals surface area contributed by atoms with Gasteiger partial charge in [-0.3, -0.25) is 4.99 Å². The predicted octanol–water partition coefficient (Wildman–Crippen LogP) is 2.69. The number of likely N-dealkylation sites (N-methyl/N-ethyl adjacent to an activating group) is 1. The van der Waals surface area contributed by atoms with Crippen LogP contribution in [0.4, 0.5) is 0 Å². The van der Waals surface area contributed by atoms with E-state index in [0.717, 1.165) is 31.2 Å². The van der Waals surface area contributed by atoms with Crippen molar-refractivity contribution in [1.82, 2.24) is 15.5 Å². The molecule has 0 amide bonds. The lowest BCUT2D eigenvalue weighted by Gasteiger charge is -2.33. The Hall–Kier alpha value is -1.75. The van der Waals surface area contributed by atoms with Gasteiger partial charge in [-0.05, 0) is 58.0 Å². The zero-order chi connectivity index (χ0) is 18.2. The second-order valence-electron chi connectivity index (χ2n) is 7.02. The van der Waals surface area contributed by atoms with Gasteiger partial charge < -0.3 is 20.3 Å². The summed E-state index contributed by atoms with van der Waals surface area (Å²) in [5.41, 5.74) is 1.41. The van der Waals surface area contributed by atoms with Crippen molar-refractivity contribution in [1.29, 1.82) is 0 Å². The second kappa shape index (κ2) is 9.52. The Morgan fingerprint density at radius 3 is 2.33 bits per heavy atom. The molecule has 1 unspecified atom stereocenters. The SMILES string of the molecule is CN=C(NCCC(C)c1ccc(OC)cc1)NCC(C)(C)N(C)C. The van der Waals surface area contributed by atoms with Gasteiger partial charge in [-0.15, -0.1) is 0 Å². The molecule has 0 saturated heterocycles. The lowest BCUT2D eigenvalue weighted by Crippen LogP contribution is -2.51. The molecule has 0 fully saturated rings. The Morgan fingerprint density at radius 2 is 1.83 bits per heavy atom. The van der Waals surface area contributed by atoms with E-state index in [4.69, 9.17) is 4.74 Å². The number of methoxy groups -OCH3 is 1. The maximum atomic E-state index is 5.21. The van der Waals surface area contributed by atoms with Crippen LogP contribution in [0.5, 0.6) is 5.75 Å². The highest BCUT2D eigenvalue weighted by Gasteiger charge is 2.20. The summed E-state index contributed by atoms with van der Waals surface area (Å²) in [6.07, 6.45) is 1.05. The maximum absolute atomic E-state index is 5.21. The predicted molar refractivity (Wildman–Crippen MR) is 103 cm³/mol. The van der Waals surface area contributed by atoms with Gasteiger partial charge in [0.2, 0.25) is 0 Å². The Kier molecular flexibility index (Phi) is 8.05. The zero-order valence-electron chi connectivity index (χ0n) is 16.3. The summed E-state index contributed by atoms with van der Waals surface area (Å²) in [5, 5.41) is 6.80. The minimum atomic E-state index is 0.0774. The van der Waals surface area contributed by atoms with E-state index in [1.165, 1.54) is 5.56 Å². The molecule has 0 saturated carbocycles. The number of nitrogens with zero attached hydrogens (tertiary/aromatic N) is 2. The zero-order valence-corrected chi connectivity index (χ0v) is 16.3. The average Bonchev–Trinajstić information content (AvgIpc) is 2.57. The van der Waals surface area contributed by atoms with Crippen LogP contribution in [0.1, 0.15) is 38.7 Å². The number of hydrogen-bond donors (Lipinski definition) is 2. The first-order chi connectivity index (χ1) is 11.3. The fourth-order valence-electron chi connectivity index (χ4n) is 2.18. The number of aliphatic imine (C=N–C) groups is 1. The quantitative estimate of drug-likeness (QED) is 0.567. The van der Waals surface area contributed by atoms with Crippen molar-refractivity contribution in [3.05, 3.63) is 29.8 Å². The average molecular weight is 335 g/mol. The Balaban J connectivity index is 2.40. The first kappa shape index (κ1) is 20.3. The van der Waals surface area contributed by atoms with Crippen LogP contribution in [0.15, 0.2) is 29.3 Å². The number of hydrogen-bond acceptors (Lipinski definition) is 3. The molecule has 0 aliphatic rings. The van der Waals surface area contributed by atoms with E-state index in [9.17, 15) is 0 Å². The molecular formula is C19H34N4O. The third kappa shape index (κ3) is 6.40. The number of rotatable bonds is 8. The topological polar surface area (TPSA) is 48.9 Å². The molecule has 5 nitrogen and oxygen atoms in total. The lowest BCUT2D eigenvalue weighted by molar-refractivity contribution is 0.197. The van der Waals surface area contributed by atoms with Crippen molar-refractivity contribution in [3.63, 3.8) is 0 Å². The highest BCUT2D eigenvalue weighted by Crippen LogP contribution is 2.21. The maximum Gasteiger partial charge on any atom is 0.191 e. The molecule has 1 aromatic rings. The molecule has 0 heterocycles. The van der Waals surface area contributed by atoms with Crippen molar-refractivity contribution in [2.45, 2.75) is 38.6 Å². The highest BCUT2D eigenvalue weighted by molar-refractivity contribution is 5.79. The Labute approximate surface area is 147 Å². The molecule has 0 aromatic heterocycles. The third-order valence-electron chi connectivity index (χ3n) is 4.68. The van der Waals surface area contributed by atoms with Crippen LogP contribution in [-0.4, -0.2) is 57.7 Å². The van der Waals surface area contributed by atoms with Crippen molar-refractivity contribution in [3.8, 4) is 5.75 Å². The van der Waals surface area contributed by atoms with Crippen molar-refractivity contribution in [2.75, 3.05) is 41.3 Å². The van der Waals surface area contributed by atoms with Crippen LogP contribution in [-0.2, 0) is 0 Å². The van der Waals surface area contributed by atoms with Crippen LogP contribution in [0.25, 0.3) is 0 Å². The summed E-state index contributed by atoms with van der Waals surface area (Å²) in [6, 6.07) is 8.30. The molecule has 2 N–H and O–H groups in total. The fraction of sp³-hybridized carbons (Fsp3) is 0.632. The van der Waals surface area contributed by atoms with Gasteiger partial charge in [0.25, 0.3) is 0 Å². The van der Waals surface area contributed by atoms with Gasteiger partial charge >= 0.3 is 0 Å². The molecule has 0 spiro atoms. The third-order valence-corrected chi connectivity index (χ3v) is 4.68. The summed E-state index contributed by atoms with van der Waals surface area (Å²) < 4.78 is 5.21. The smallest absolute Gasteiger partial charge is 0.191 e. The van der Waals surface area contributed by atoms with Crippen LogP contribution < -0.4 is 15.4 Å². The van der Waals surface area contributed by atoms with Crippen LogP contribution in [0.2, 0.25) is 0 Å². The molecule has 1 rings (SSSR count). The lowest BCUT2D eigenvalue weighted by atomic mass is 9.98. The molecule has 136 valence electrons. The molecule has 1 atom stereocenters. The number of nitrogens with one attached hydrogen (secondary N) is 2. The van der Waals surface area contributed by atoms with Gasteiger partial charge in [-0.1, -0.05) is 19.1 Å². The summed E-state index contributed by atoms with van der Waals surface area (Å²) in [7, 11) is 7.69. The number of guanidine groups is 1. The van der Waals surface area contributed by atoms with Crippen molar-refractivity contribution >= 4 is 5.96 Å². The van der Waals surface area contributed by atoms with Gasteiger partial charge in [0.15, 0.2) is 5.96 Å². The van der Waals surface area contributed by atoms with E-state index >= 15 is 0 Å². The molecule has 0 aliphatic heterocycles. The minimum Gasteiger partial charge on any atom is -0.497 e. The van der Waals surface area contributed by atoms with Crippen molar-refractivity contribution in [2.24, 2.45) is 4.99 Å². The highest BCUT2D eigenvalue weighted by atomic mass is 16.5. The standard InChI is InChI=1S/C19H34N4O/c1-15(16-8-10-17(24-7)11-9-16)12-13-21-18(20-4)22-14-19(2,3)23(5)6/h8-11,15H,12-14H2,1-7H3,(H2,20,21,22). The van der Waals surface area contributed by atoms with Crippen LogP contribution in [0.3, 0.4) is 0 Å².